The summed E-state index contributed by atoms with van der Waals surface area (Å²) in [4.78, 5) is 24.2. The number of aromatic amines is 1. The van der Waals surface area contributed by atoms with Crippen molar-refractivity contribution in [1.29, 1.82) is 0 Å². The van der Waals surface area contributed by atoms with Gasteiger partial charge in [-0.3, -0.25) is 9.47 Å². The van der Waals surface area contributed by atoms with Crippen molar-refractivity contribution in [3.05, 3.63) is 78.5 Å². The van der Waals surface area contributed by atoms with Crippen LogP contribution in [0, 0.1) is 0 Å². The highest BCUT2D eigenvalue weighted by Gasteiger charge is 2.18. The monoisotopic (exact) mass is 490 g/mol. The molecule has 0 atom stereocenters. The molecule has 2 aromatic carbocycles. The van der Waals surface area contributed by atoms with E-state index in [4.69, 9.17) is 19.8 Å². The summed E-state index contributed by atoms with van der Waals surface area (Å²) in [7, 11) is 0. The van der Waals surface area contributed by atoms with Crippen LogP contribution in [0.1, 0.15) is 24.0 Å². The average molecular weight is 491 g/mol. The molecule has 0 radical (unpaired) electrons. The highest BCUT2D eigenvalue weighted by molar-refractivity contribution is 6.27. The van der Waals surface area contributed by atoms with Crippen molar-refractivity contribution in [1.82, 2.24) is 30.0 Å². The van der Waals surface area contributed by atoms with E-state index in [0.717, 1.165) is 25.2 Å². The molecule has 10 heteroatoms. The zero-order chi connectivity index (χ0) is 25.3. The fraction of sp³-hybridized carbons (Fsp3) is 0.308. The van der Waals surface area contributed by atoms with Gasteiger partial charge in [-0.25, -0.2) is 9.59 Å². The number of rotatable bonds is 7. The molecular formula is C26H30N6O4. The fourth-order valence-electron chi connectivity index (χ4n) is 4.42. The Kier molecular flexibility index (Phi) is 8.43. The molecule has 4 N–H and O–H groups in total. The van der Waals surface area contributed by atoms with E-state index in [2.05, 4.69) is 80.1 Å². The number of piperidine rings is 1. The van der Waals surface area contributed by atoms with Crippen molar-refractivity contribution in [2.45, 2.75) is 31.8 Å². The molecule has 1 saturated heterocycles. The van der Waals surface area contributed by atoms with Gasteiger partial charge in [0, 0.05) is 35.4 Å². The highest BCUT2D eigenvalue weighted by Crippen LogP contribution is 2.22. The minimum Gasteiger partial charge on any atom is -0.473 e. The zero-order valence-electron chi connectivity index (χ0n) is 19.9. The SMILES string of the molecule is O=C(O)C(=O)O.c1ccc(CN2CCC(NCCc3c[nH]c4ccc(-n5cnnc5)cc34)CC2)cc1. The number of benzene rings is 2. The van der Waals surface area contributed by atoms with Crippen LogP contribution in [0.5, 0.6) is 0 Å². The maximum Gasteiger partial charge on any atom is 0.414 e. The van der Waals surface area contributed by atoms with Gasteiger partial charge in [-0.05, 0) is 68.2 Å². The summed E-state index contributed by atoms with van der Waals surface area (Å²) in [6.07, 6.45) is 9.08. The van der Waals surface area contributed by atoms with Crippen LogP contribution in [0.15, 0.2) is 67.4 Å². The second-order valence-electron chi connectivity index (χ2n) is 8.76. The van der Waals surface area contributed by atoms with Crippen molar-refractivity contribution >= 4 is 22.8 Å². The molecule has 4 aromatic rings. The Morgan fingerprint density at radius 3 is 2.36 bits per heavy atom. The lowest BCUT2D eigenvalue weighted by Crippen LogP contribution is -2.42. The summed E-state index contributed by atoms with van der Waals surface area (Å²) >= 11 is 0. The number of carbonyl (C=O) groups is 2. The Labute approximate surface area is 208 Å². The molecule has 5 rings (SSSR count). The number of nitrogens with one attached hydrogen (secondary N) is 2. The first-order chi connectivity index (χ1) is 17.5. The average Bonchev–Trinajstić information content (AvgIpc) is 3.56. The lowest BCUT2D eigenvalue weighted by atomic mass is 10.0. The van der Waals surface area contributed by atoms with E-state index in [1.54, 1.807) is 12.7 Å². The van der Waals surface area contributed by atoms with Gasteiger partial charge in [0.25, 0.3) is 0 Å². The largest absolute Gasteiger partial charge is 0.473 e. The van der Waals surface area contributed by atoms with E-state index in [9.17, 15) is 0 Å². The Morgan fingerprint density at radius 1 is 1.00 bits per heavy atom. The second-order valence-corrected chi connectivity index (χ2v) is 8.76. The Hall–Kier alpha value is -4.02. The van der Waals surface area contributed by atoms with Gasteiger partial charge in [0.2, 0.25) is 0 Å². The molecule has 1 aliphatic rings. The first kappa shape index (κ1) is 25.1. The predicted octanol–water partition coefficient (Wildman–Crippen LogP) is 2.70. The van der Waals surface area contributed by atoms with Crippen LogP contribution in [-0.2, 0) is 22.6 Å². The Balaban J connectivity index is 0.000000455. The van der Waals surface area contributed by atoms with Crippen LogP contribution in [-0.4, -0.2) is 72.5 Å². The topological polar surface area (TPSA) is 136 Å². The van der Waals surface area contributed by atoms with Gasteiger partial charge in [0.05, 0.1) is 0 Å². The summed E-state index contributed by atoms with van der Waals surface area (Å²) < 4.78 is 1.94. The lowest BCUT2D eigenvalue weighted by molar-refractivity contribution is -0.159. The third-order valence-corrected chi connectivity index (χ3v) is 6.31. The minimum atomic E-state index is -1.82. The molecule has 188 valence electrons. The lowest BCUT2D eigenvalue weighted by Gasteiger charge is -2.32. The number of carboxylic acid groups (broad SMARTS) is 2. The molecule has 1 aliphatic heterocycles. The zero-order valence-corrected chi connectivity index (χ0v) is 19.9. The smallest absolute Gasteiger partial charge is 0.414 e. The van der Waals surface area contributed by atoms with E-state index in [1.165, 1.54) is 48.0 Å². The number of nitrogens with zero attached hydrogens (tertiary/aromatic N) is 4. The molecule has 3 heterocycles. The van der Waals surface area contributed by atoms with Crippen LogP contribution in [0.4, 0.5) is 0 Å². The molecule has 0 saturated carbocycles. The number of fused-ring (bicyclic) bond motifs is 1. The van der Waals surface area contributed by atoms with E-state index in [1.807, 2.05) is 4.57 Å². The molecular weight excluding hydrogens is 460 g/mol. The third kappa shape index (κ3) is 6.77. The maximum atomic E-state index is 9.10. The van der Waals surface area contributed by atoms with Crippen LogP contribution in [0.3, 0.4) is 0 Å². The van der Waals surface area contributed by atoms with Crippen LogP contribution < -0.4 is 5.32 Å². The van der Waals surface area contributed by atoms with Crippen molar-refractivity contribution in [2.75, 3.05) is 19.6 Å². The molecule has 10 nitrogen and oxygen atoms in total. The van der Waals surface area contributed by atoms with Gasteiger partial charge in [-0.15, -0.1) is 10.2 Å². The van der Waals surface area contributed by atoms with Gasteiger partial charge in [0.15, 0.2) is 0 Å². The summed E-state index contributed by atoms with van der Waals surface area (Å²) in [6.45, 7) is 4.41. The number of hydrogen-bond donors (Lipinski definition) is 4. The van der Waals surface area contributed by atoms with Crippen LogP contribution >= 0.6 is 0 Å². The minimum absolute atomic E-state index is 0.620. The molecule has 0 unspecified atom stereocenters. The molecule has 36 heavy (non-hydrogen) atoms. The normalized spacial score (nSPS) is 14.3. The van der Waals surface area contributed by atoms with E-state index >= 15 is 0 Å². The molecule has 0 amide bonds. The van der Waals surface area contributed by atoms with Gasteiger partial charge < -0.3 is 20.5 Å². The van der Waals surface area contributed by atoms with Gasteiger partial charge in [-0.1, -0.05) is 30.3 Å². The quantitative estimate of drug-likeness (QED) is 0.290. The maximum absolute atomic E-state index is 9.10. The third-order valence-electron chi connectivity index (χ3n) is 6.31. The second kappa shape index (κ2) is 12.1. The van der Waals surface area contributed by atoms with Crippen LogP contribution in [0.2, 0.25) is 0 Å². The van der Waals surface area contributed by atoms with E-state index in [-0.39, 0.29) is 0 Å². The fourth-order valence-corrected chi connectivity index (χ4v) is 4.42. The molecule has 0 bridgehead atoms. The van der Waals surface area contributed by atoms with Crippen molar-refractivity contribution in [3.63, 3.8) is 0 Å². The number of likely N-dealkylation sites (tertiary alicyclic amines) is 1. The van der Waals surface area contributed by atoms with Crippen molar-refractivity contribution in [3.8, 4) is 5.69 Å². The standard InChI is InChI=1S/C24H28N6.C2H2O4/c1-2-4-19(5-3-1)16-29-12-9-21(10-13-29)25-11-8-20-15-26-24-7-6-22(14-23(20)24)30-17-27-28-18-30;3-1(4)2(5)6/h1-7,14-15,17-18,21,25-26H,8-13,16H2;(H,3,4)(H,5,6). The molecule has 0 aliphatic carbocycles. The Morgan fingerprint density at radius 2 is 1.69 bits per heavy atom. The number of aliphatic carboxylic acids is 2. The summed E-state index contributed by atoms with van der Waals surface area (Å²) in [5.41, 5.74) is 5.03. The first-order valence-electron chi connectivity index (χ1n) is 11.9. The molecule has 0 spiro atoms. The molecule has 1 fully saturated rings. The van der Waals surface area contributed by atoms with Gasteiger partial charge in [0.1, 0.15) is 12.7 Å². The number of aromatic nitrogens is 4. The number of carboxylic acids is 2. The van der Waals surface area contributed by atoms with E-state index in [0.29, 0.717) is 6.04 Å². The van der Waals surface area contributed by atoms with Gasteiger partial charge in [-0.2, -0.15) is 0 Å². The van der Waals surface area contributed by atoms with E-state index < -0.39 is 11.9 Å². The van der Waals surface area contributed by atoms with Gasteiger partial charge >= 0.3 is 11.9 Å². The van der Waals surface area contributed by atoms with Crippen molar-refractivity contribution < 1.29 is 19.8 Å². The first-order valence-corrected chi connectivity index (χ1v) is 11.9. The summed E-state index contributed by atoms with van der Waals surface area (Å²) in [5.74, 6) is -3.65. The van der Waals surface area contributed by atoms with Crippen LogP contribution in [0.25, 0.3) is 16.6 Å². The number of hydrogen-bond acceptors (Lipinski definition) is 6. The number of H-pyrrole nitrogens is 1. The summed E-state index contributed by atoms with van der Waals surface area (Å²) in [6, 6.07) is 17.8. The predicted molar refractivity (Wildman–Crippen MR) is 135 cm³/mol. The Bertz CT molecular complexity index is 1250. The highest BCUT2D eigenvalue weighted by atomic mass is 16.4. The van der Waals surface area contributed by atoms with Crippen molar-refractivity contribution in [2.24, 2.45) is 0 Å². The molecule has 2 aromatic heterocycles. The summed E-state index contributed by atoms with van der Waals surface area (Å²) in [5, 5.41) is 27.7.